The second-order valence-corrected chi connectivity index (χ2v) is 9.50. The molecule has 0 aliphatic heterocycles. The van der Waals surface area contributed by atoms with E-state index in [2.05, 4.69) is 15.3 Å². The predicted octanol–water partition coefficient (Wildman–Crippen LogP) is 5.15. The molecule has 0 aliphatic rings. The molecule has 3 N–H and O–H groups in total. The molecule has 4 heterocycles. The number of ether oxygens (including phenoxy) is 1. The van der Waals surface area contributed by atoms with E-state index in [-0.39, 0.29) is 0 Å². The summed E-state index contributed by atoms with van der Waals surface area (Å²) in [6, 6.07) is 19.3. The fourth-order valence-electron chi connectivity index (χ4n) is 3.92. The number of nitrogens with one attached hydrogen (secondary N) is 1. The lowest BCUT2D eigenvalue weighted by molar-refractivity contribution is 0.0523. The Morgan fingerprint density at radius 1 is 0.973 bits per heavy atom. The van der Waals surface area contributed by atoms with E-state index in [9.17, 15) is 4.79 Å². The summed E-state index contributed by atoms with van der Waals surface area (Å²) in [6.07, 6.45) is 4.67. The number of pyridine rings is 3. The van der Waals surface area contributed by atoms with Gasteiger partial charge in [0.15, 0.2) is 11.5 Å². The fraction of sp³-hybridized carbons (Fsp3) is 0.179. The van der Waals surface area contributed by atoms with Crippen LogP contribution in [-0.4, -0.2) is 36.2 Å². The average Bonchev–Trinajstić information content (AvgIpc) is 3.26. The zero-order valence-electron chi connectivity index (χ0n) is 20.8. The molecule has 0 bridgehead atoms. The first kappa shape index (κ1) is 23.9. The number of alkyl carbamates (subject to hydrolysis) is 1. The molecule has 0 atom stereocenters. The molecule has 9 nitrogen and oxygen atoms in total. The van der Waals surface area contributed by atoms with E-state index < -0.39 is 11.7 Å². The fourth-order valence-corrected chi connectivity index (χ4v) is 3.92. The van der Waals surface area contributed by atoms with Crippen LogP contribution in [0.1, 0.15) is 26.3 Å². The van der Waals surface area contributed by atoms with E-state index in [1.807, 2.05) is 86.0 Å². The zero-order valence-corrected chi connectivity index (χ0v) is 20.8. The normalized spacial score (nSPS) is 11.4. The number of nitrogens with two attached hydrogens (primary N) is 1. The van der Waals surface area contributed by atoms with Crippen molar-refractivity contribution in [3.05, 3.63) is 84.8 Å². The van der Waals surface area contributed by atoms with E-state index in [0.717, 1.165) is 28.0 Å². The number of anilines is 1. The molecule has 5 aromatic rings. The Morgan fingerprint density at radius 2 is 1.73 bits per heavy atom. The summed E-state index contributed by atoms with van der Waals surface area (Å²) in [5.41, 5.74) is 11.3. The summed E-state index contributed by atoms with van der Waals surface area (Å²) in [4.78, 5) is 30.2. The quantitative estimate of drug-likeness (QED) is 0.347. The van der Waals surface area contributed by atoms with Crippen molar-refractivity contribution < 1.29 is 9.53 Å². The van der Waals surface area contributed by atoms with Crippen LogP contribution in [0.2, 0.25) is 0 Å². The molecule has 4 aromatic heterocycles. The maximum absolute atomic E-state index is 12.0. The van der Waals surface area contributed by atoms with E-state index in [1.54, 1.807) is 18.6 Å². The van der Waals surface area contributed by atoms with Crippen molar-refractivity contribution in [1.82, 2.24) is 29.8 Å². The van der Waals surface area contributed by atoms with Gasteiger partial charge in [-0.25, -0.2) is 19.7 Å². The standard InChI is InChI=1S/C28H27N7O2/c1-28(2,3)37-27(36)32-17-18-6-8-20(9-7-18)35-25(21-5-4-14-31-24(21)29)34-23-11-10-22(33-26(23)35)19-12-15-30-16-13-19/h4-16H,17H2,1-3H3,(H2,29,31)(H,32,36). The number of carbonyl (C=O) groups is 1. The number of benzene rings is 1. The number of hydrogen-bond donors (Lipinski definition) is 2. The van der Waals surface area contributed by atoms with Crippen molar-refractivity contribution in [2.24, 2.45) is 0 Å². The van der Waals surface area contributed by atoms with Crippen LogP contribution < -0.4 is 11.1 Å². The first-order chi connectivity index (χ1) is 17.8. The molecule has 37 heavy (non-hydrogen) atoms. The third kappa shape index (κ3) is 5.25. The van der Waals surface area contributed by atoms with Crippen LogP contribution in [0.3, 0.4) is 0 Å². The number of fused-ring (bicyclic) bond motifs is 1. The van der Waals surface area contributed by atoms with Crippen molar-refractivity contribution in [2.75, 3.05) is 5.73 Å². The van der Waals surface area contributed by atoms with Gasteiger partial charge in [0, 0.05) is 36.4 Å². The van der Waals surface area contributed by atoms with Crippen LogP contribution in [0.15, 0.2) is 79.3 Å². The maximum atomic E-state index is 12.0. The Hall–Kier alpha value is -4.79. The molecule has 0 saturated carbocycles. The smallest absolute Gasteiger partial charge is 0.407 e. The summed E-state index contributed by atoms with van der Waals surface area (Å²) >= 11 is 0. The van der Waals surface area contributed by atoms with Gasteiger partial charge in [0.25, 0.3) is 0 Å². The molecule has 0 radical (unpaired) electrons. The van der Waals surface area contributed by atoms with Crippen LogP contribution in [-0.2, 0) is 11.3 Å². The van der Waals surface area contributed by atoms with Gasteiger partial charge in [-0.15, -0.1) is 0 Å². The Kier molecular flexibility index (Phi) is 6.27. The number of rotatable bonds is 5. The van der Waals surface area contributed by atoms with Gasteiger partial charge in [-0.3, -0.25) is 9.55 Å². The lowest BCUT2D eigenvalue weighted by Crippen LogP contribution is -2.32. The van der Waals surface area contributed by atoms with E-state index >= 15 is 0 Å². The van der Waals surface area contributed by atoms with Crippen molar-refractivity contribution in [1.29, 1.82) is 0 Å². The predicted molar refractivity (Wildman–Crippen MR) is 143 cm³/mol. The number of aromatic nitrogens is 5. The number of nitrogen functional groups attached to an aromatic ring is 1. The highest BCUT2D eigenvalue weighted by Gasteiger charge is 2.19. The highest BCUT2D eigenvalue weighted by Crippen LogP contribution is 2.31. The minimum Gasteiger partial charge on any atom is -0.444 e. The molecule has 186 valence electrons. The largest absolute Gasteiger partial charge is 0.444 e. The number of imidazole rings is 1. The van der Waals surface area contributed by atoms with Crippen LogP contribution in [0.25, 0.3) is 39.5 Å². The van der Waals surface area contributed by atoms with E-state index in [1.165, 1.54) is 0 Å². The number of hydrogen-bond acceptors (Lipinski definition) is 7. The molecule has 9 heteroatoms. The highest BCUT2D eigenvalue weighted by atomic mass is 16.6. The molecular formula is C28H27N7O2. The van der Waals surface area contributed by atoms with Gasteiger partial charge in [-0.05, 0) is 74.9 Å². The Morgan fingerprint density at radius 3 is 2.43 bits per heavy atom. The van der Waals surface area contributed by atoms with Gasteiger partial charge in [-0.2, -0.15) is 0 Å². The second-order valence-electron chi connectivity index (χ2n) is 9.50. The van der Waals surface area contributed by atoms with Crippen molar-refractivity contribution in [3.8, 4) is 28.3 Å². The lowest BCUT2D eigenvalue weighted by Gasteiger charge is -2.19. The zero-order chi connectivity index (χ0) is 26.0. The number of carbonyl (C=O) groups excluding carboxylic acids is 1. The minimum absolute atomic E-state index is 0.340. The van der Waals surface area contributed by atoms with E-state index in [0.29, 0.717) is 29.4 Å². The van der Waals surface area contributed by atoms with Gasteiger partial charge in [-0.1, -0.05) is 12.1 Å². The molecule has 0 aliphatic carbocycles. The lowest BCUT2D eigenvalue weighted by atomic mass is 10.1. The topological polar surface area (TPSA) is 121 Å². The van der Waals surface area contributed by atoms with Gasteiger partial charge in [0.1, 0.15) is 16.9 Å². The van der Waals surface area contributed by atoms with Crippen LogP contribution in [0, 0.1) is 0 Å². The molecule has 0 fully saturated rings. The van der Waals surface area contributed by atoms with Gasteiger partial charge in [0.2, 0.25) is 0 Å². The SMILES string of the molecule is CC(C)(C)OC(=O)NCc1ccc(-n2c(-c3cccnc3N)nc3ccc(-c4ccncc4)nc32)cc1. The summed E-state index contributed by atoms with van der Waals surface area (Å²) < 4.78 is 7.29. The van der Waals surface area contributed by atoms with Crippen LogP contribution in [0.5, 0.6) is 0 Å². The molecule has 0 spiro atoms. The van der Waals surface area contributed by atoms with Gasteiger partial charge >= 0.3 is 6.09 Å². The van der Waals surface area contributed by atoms with Crippen LogP contribution >= 0.6 is 0 Å². The summed E-state index contributed by atoms with van der Waals surface area (Å²) in [6.45, 7) is 5.83. The summed E-state index contributed by atoms with van der Waals surface area (Å²) in [7, 11) is 0. The maximum Gasteiger partial charge on any atom is 0.407 e. The molecule has 1 amide bonds. The van der Waals surface area contributed by atoms with Crippen molar-refractivity contribution in [3.63, 3.8) is 0 Å². The molecule has 5 rings (SSSR count). The minimum atomic E-state index is -0.553. The average molecular weight is 494 g/mol. The van der Waals surface area contributed by atoms with Gasteiger partial charge < -0.3 is 15.8 Å². The Balaban J connectivity index is 1.55. The Bertz CT molecular complexity index is 1560. The molecule has 0 unspecified atom stereocenters. The van der Waals surface area contributed by atoms with Crippen molar-refractivity contribution >= 4 is 23.1 Å². The monoisotopic (exact) mass is 493 g/mol. The summed E-state index contributed by atoms with van der Waals surface area (Å²) in [5, 5.41) is 2.79. The molecular weight excluding hydrogens is 466 g/mol. The Labute approximate surface area is 214 Å². The van der Waals surface area contributed by atoms with E-state index in [4.69, 9.17) is 20.4 Å². The molecule has 1 aromatic carbocycles. The highest BCUT2D eigenvalue weighted by molar-refractivity contribution is 5.84. The third-order valence-corrected chi connectivity index (χ3v) is 5.59. The first-order valence-corrected chi connectivity index (χ1v) is 11.9. The van der Waals surface area contributed by atoms with Crippen molar-refractivity contribution in [2.45, 2.75) is 32.9 Å². The summed E-state index contributed by atoms with van der Waals surface area (Å²) in [5.74, 6) is 1.02. The van der Waals surface area contributed by atoms with Gasteiger partial charge in [0.05, 0.1) is 11.3 Å². The first-order valence-electron chi connectivity index (χ1n) is 11.9. The third-order valence-electron chi connectivity index (χ3n) is 5.59. The number of nitrogens with zero attached hydrogens (tertiary/aromatic N) is 5. The molecule has 0 saturated heterocycles. The second kappa shape index (κ2) is 9.69. The van der Waals surface area contributed by atoms with Crippen LogP contribution in [0.4, 0.5) is 10.6 Å². The number of amides is 1.